The van der Waals surface area contributed by atoms with E-state index in [1.807, 2.05) is 0 Å². The van der Waals surface area contributed by atoms with Crippen molar-refractivity contribution in [1.29, 1.82) is 0 Å². The van der Waals surface area contributed by atoms with E-state index in [-0.39, 0.29) is 12.1 Å². The van der Waals surface area contributed by atoms with Gasteiger partial charge in [0.25, 0.3) is 0 Å². The van der Waals surface area contributed by atoms with Gasteiger partial charge in [0.1, 0.15) is 0 Å². The molecule has 3 nitrogen and oxygen atoms in total. The molecule has 13 heavy (non-hydrogen) atoms. The summed E-state index contributed by atoms with van der Waals surface area (Å²) in [6.07, 6.45) is 6.80. The van der Waals surface area contributed by atoms with Crippen molar-refractivity contribution in [2.24, 2.45) is 0 Å². The third-order valence-electron chi connectivity index (χ3n) is 2.60. The second kappa shape index (κ2) is 5.22. The van der Waals surface area contributed by atoms with Gasteiger partial charge in [-0.2, -0.15) is 0 Å². The molecule has 2 atom stereocenters. The number of hydrogen-bond acceptors (Lipinski definition) is 2. The fourth-order valence-corrected chi connectivity index (χ4v) is 1.76. The minimum absolute atomic E-state index is 0.0341. The fourth-order valence-electron chi connectivity index (χ4n) is 1.76. The average molecular weight is 185 g/mol. The highest BCUT2D eigenvalue weighted by Crippen LogP contribution is 2.16. The molecule has 0 saturated carbocycles. The van der Waals surface area contributed by atoms with Crippen LogP contribution in [0.25, 0.3) is 0 Å². The molecule has 0 radical (unpaired) electrons. The first-order valence-corrected chi connectivity index (χ1v) is 5.21. The summed E-state index contributed by atoms with van der Waals surface area (Å²) in [7, 11) is 0. The van der Waals surface area contributed by atoms with Crippen LogP contribution in [0.2, 0.25) is 0 Å². The smallest absolute Gasteiger partial charge is 0.165 e. The van der Waals surface area contributed by atoms with E-state index in [2.05, 4.69) is 6.92 Å². The molecule has 0 aliphatic carbocycles. The zero-order valence-electron chi connectivity index (χ0n) is 8.28. The monoisotopic (exact) mass is 185 g/mol. The van der Waals surface area contributed by atoms with E-state index in [1.54, 1.807) is 6.21 Å². The summed E-state index contributed by atoms with van der Waals surface area (Å²) >= 11 is 0. The molecule has 1 rings (SSSR count). The predicted octanol–water partition coefficient (Wildman–Crippen LogP) is 1.67. The predicted molar refractivity (Wildman–Crippen MR) is 52.9 cm³/mol. The Bertz CT molecular complexity index is 180. The molecular weight excluding hydrogens is 166 g/mol. The minimum Gasteiger partial charge on any atom is -0.624 e. The normalized spacial score (nSPS) is 24.5. The number of unbranched alkanes of at least 4 members (excludes halogenated alkanes) is 1. The maximum Gasteiger partial charge on any atom is 0.165 e. The van der Waals surface area contributed by atoms with Crippen molar-refractivity contribution in [3.8, 4) is 0 Å². The van der Waals surface area contributed by atoms with Crippen LogP contribution >= 0.6 is 0 Å². The maximum absolute atomic E-state index is 11.1. The molecule has 0 fully saturated rings. The molecule has 0 spiro atoms. The molecule has 76 valence electrons. The van der Waals surface area contributed by atoms with Crippen molar-refractivity contribution >= 4 is 6.21 Å². The highest BCUT2D eigenvalue weighted by Gasteiger charge is 2.24. The van der Waals surface area contributed by atoms with Gasteiger partial charge in [0.15, 0.2) is 12.3 Å². The molecule has 1 N–H and O–H groups in total. The lowest BCUT2D eigenvalue weighted by atomic mass is 10.0. The highest BCUT2D eigenvalue weighted by atomic mass is 16.5. The number of hydroxylamine groups is 1. The minimum atomic E-state index is -0.284. The van der Waals surface area contributed by atoms with Crippen molar-refractivity contribution < 1.29 is 9.85 Å². The number of rotatable bonds is 5. The van der Waals surface area contributed by atoms with Crippen LogP contribution in [0, 0.1) is 5.21 Å². The molecule has 0 bridgehead atoms. The van der Waals surface area contributed by atoms with Gasteiger partial charge in [-0.3, -0.25) is 0 Å². The topological polar surface area (TPSA) is 46.3 Å². The van der Waals surface area contributed by atoms with Crippen molar-refractivity contribution in [2.75, 3.05) is 0 Å². The van der Waals surface area contributed by atoms with Gasteiger partial charge in [-0.1, -0.05) is 19.8 Å². The Hall–Kier alpha value is -0.570. The third-order valence-corrected chi connectivity index (χ3v) is 2.60. The molecule has 0 aromatic heterocycles. The van der Waals surface area contributed by atoms with Crippen molar-refractivity contribution in [1.82, 2.24) is 0 Å². The molecule has 0 aromatic rings. The maximum atomic E-state index is 11.1. The lowest BCUT2D eigenvalue weighted by molar-refractivity contribution is -0.491. The Balaban J connectivity index is 2.20. The molecule has 0 aromatic carbocycles. The Labute approximate surface area is 79.7 Å². The zero-order valence-corrected chi connectivity index (χ0v) is 8.28. The zero-order chi connectivity index (χ0) is 9.68. The van der Waals surface area contributed by atoms with Gasteiger partial charge in [-0.25, -0.2) is 4.74 Å². The Morgan fingerprint density at radius 1 is 1.69 bits per heavy atom. The van der Waals surface area contributed by atoms with Gasteiger partial charge in [0, 0.05) is 19.3 Å². The van der Waals surface area contributed by atoms with Crippen LogP contribution in [-0.2, 0) is 0 Å². The fraction of sp³-hybridized carbons (Fsp3) is 0.900. The van der Waals surface area contributed by atoms with E-state index in [0.717, 1.165) is 36.8 Å². The van der Waals surface area contributed by atoms with Gasteiger partial charge in [0.05, 0.1) is 6.10 Å². The summed E-state index contributed by atoms with van der Waals surface area (Å²) in [5.41, 5.74) is 0. The van der Waals surface area contributed by atoms with Gasteiger partial charge in [-0.05, 0) is 6.42 Å². The summed E-state index contributed by atoms with van der Waals surface area (Å²) in [5.74, 6) is 0. The van der Waals surface area contributed by atoms with E-state index in [1.165, 1.54) is 0 Å². The van der Waals surface area contributed by atoms with Gasteiger partial charge < -0.3 is 10.3 Å². The van der Waals surface area contributed by atoms with E-state index in [4.69, 9.17) is 0 Å². The van der Waals surface area contributed by atoms with E-state index < -0.39 is 0 Å². The number of nitrogens with zero attached hydrogens (tertiary/aromatic N) is 1. The first kappa shape index (κ1) is 10.5. The third kappa shape index (κ3) is 3.35. The van der Waals surface area contributed by atoms with Crippen LogP contribution < -0.4 is 0 Å². The summed E-state index contributed by atoms with van der Waals surface area (Å²) in [6.45, 7) is 2.11. The number of aliphatic hydroxyl groups excluding tert-OH is 1. The van der Waals surface area contributed by atoms with Crippen molar-refractivity contribution in [3.63, 3.8) is 0 Å². The van der Waals surface area contributed by atoms with Crippen molar-refractivity contribution in [2.45, 2.75) is 57.6 Å². The van der Waals surface area contributed by atoms with Crippen LogP contribution in [0.3, 0.4) is 0 Å². The van der Waals surface area contributed by atoms with E-state index in [0.29, 0.717) is 6.42 Å². The average Bonchev–Trinajstić information content (AvgIpc) is 2.48. The first-order chi connectivity index (χ1) is 6.24. The van der Waals surface area contributed by atoms with Gasteiger partial charge >= 0.3 is 0 Å². The Morgan fingerprint density at radius 2 is 2.46 bits per heavy atom. The largest absolute Gasteiger partial charge is 0.624 e. The summed E-state index contributed by atoms with van der Waals surface area (Å²) in [5, 5.41) is 20.7. The van der Waals surface area contributed by atoms with Gasteiger partial charge in [0.2, 0.25) is 0 Å². The summed E-state index contributed by atoms with van der Waals surface area (Å²) in [4.78, 5) is 0. The molecular formula is C10H19NO2. The molecule has 0 saturated heterocycles. The van der Waals surface area contributed by atoms with Crippen LogP contribution in [0.4, 0.5) is 0 Å². The second-order valence-corrected chi connectivity index (χ2v) is 3.81. The molecule has 0 unspecified atom stereocenters. The summed E-state index contributed by atoms with van der Waals surface area (Å²) in [6, 6.07) is 0.0341. The SMILES string of the molecule is CCCC[C@H](O)C[C@@H]1CCC=[N+]1[O-]. The van der Waals surface area contributed by atoms with Crippen LogP contribution in [-0.4, -0.2) is 28.2 Å². The Morgan fingerprint density at radius 3 is 3.00 bits per heavy atom. The lowest BCUT2D eigenvalue weighted by Gasteiger charge is -2.15. The van der Waals surface area contributed by atoms with Gasteiger partial charge in [-0.15, -0.1) is 0 Å². The lowest BCUT2D eigenvalue weighted by Crippen LogP contribution is -2.23. The molecule has 3 heteroatoms. The van der Waals surface area contributed by atoms with Crippen LogP contribution in [0.5, 0.6) is 0 Å². The quantitative estimate of drug-likeness (QED) is 0.523. The second-order valence-electron chi connectivity index (χ2n) is 3.81. The molecule has 1 heterocycles. The van der Waals surface area contributed by atoms with Crippen LogP contribution in [0.15, 0.2) is 0 Å². The summed E-state index contributed by atoms with van der Waals surface area (Å²) < 4.78 is 1.01. The number of hydrogen-bond donors (Lipinski definition) is 1. The number of aliphatic hydroxyl groups is 1. The van der Waals surface area contributed by atoms with E-state index in [9.17, 15) is 10.3 Å². The molecule has 0 amide bonds. The first-order valence-electron chi connectivity index (χ1n) is 5.21. The Kier molecular flexibility index (Phi) is 4.22. The highest BCUT2D eigenvalue weighted by molar-refractivity contribution is 5.52. The van der Waals surface area contributed by atoms with Crippen LogP contribution in [0.1, 0.15) is 45.4 Å². The van der Waals surface area contributed by atoms with Crippen molar-refractivity contribution in [3.05, 3.63) is 5.21 Å². The molecule has 1 aliphatic rings. The van der Waals surface area contributed by atoms with E-state index >= 15 is 0 Å². The molecule has 1 aliphatic heterocycles. The standard InChI is InChI=1S/C10H19NO2/c1-2-3-6-10(12)8-9-5-4-7-11(9)13/h7,9-10,12H,2-6,8H2,1H3/t9-,10-/m0/s1.